The van der Waals surface area contributed by atoms with Crippen LogP contribution in [0.5, 0.6) is 5.75 Å². The first-order valence-electron chi connectivity index (χ1n) is 12.8. The van der Waals surface area contributed by atoms with E-state index < -0.39 is 16.1 Å². The fraction of sp³-hybridized carbons (Fsp3) is 0.500. The minimum Gasteiger partial charge on any atom is -0.494 e. The SMILES string of the molecule is CCOc1ccc(N(CCCC(=O)N(Cc2ccc(C)cc2)[C@@H](C)C(=O)NCC(C)C)S(C)(=O)=O)cc1. The number of ether oxygens (including phenoxy) is 1. The second kappa shape index (κ2) is 14.0. The summed E-state index contributed by atoms with van der Waals surface area (Å²) in [6.45, 7) is 11.1. The molecule has 0 radical (unpaired) electrons. The third kappa shape index (κ3) is 9.72. The van der Waals surface area contributed by atoms with E-state index in [1.54, 1.807) is 36.1 Å². The first-order valence-corrected chi connectivity index (χ1v) is 14.6. The second-order valence-electron chi connectivity index (χ2n) is 9.69. The molecule has 0 saturated carbocycles. The second-order valence-corrected chi connectivity index (χ2v) is 11.6. The van der Waals surface area contributed by atoms with Crippen LogP contribution in [0.15, 0.2) is 48.5 Å². The number of amides is 2. The summed E-state index contributed by atoms with van der Waals surface area (Å²) in [6, 6.07) is 14.0. The van der Waals surface area contributed by atoms with Gasteiger partial charge in [0.05, 0.1) is 18.6 Å². The lowest BCUT2D eigenvalue weighted by atomic mass is 10.1. The van der Waals surface area contributed by atoms with Crippen molar-refractivity contribution in [2.24, 2.45) is 5.92 Å². The summed E-state index contributed by atoms with van der Waals surface area (Å²) in [5, 5.41) is 2.91. The van der Waals surface area contributed by atoms with Crippen molar-refractivity contribution in [2.45, 2.75) is 60.0 Å². The molecular formula is C28H41N3O5S. The molecule has 0 aliphatic carbocycles. The number of hydrogen-bond donors (Lipinski definition) is 1. The number of sulfonamides is 1. The maximum absolute atomic E-state index is 13.3. The van der Waals surface area contributed by atoms with Crippen molar-refractivity contribution in [3.63, 3.8) is 0 Å². The number of rotatable bonds is 14. The highest BCUT2D eigenvalue weighted by atomic mass is 32.2. The van der Waals surface area contributed by atoms with E-state index in [2.05, 4.69) is 5.32 Å². The molecule has 0 aliphatic rings. The van der Waals surface area contributed by atoms with Crippen LogP contribution in [0.4, 0.5) is 5.69 Å². The van der Waals surface area contributed by atoms with Crippen molar-refractivity contribution in [1.29, 1.82) is 0 Å². The van der Waals surface area contributed by atoms with Crippen LogP contribution in [-0.4, -0.2) is 57.1 Å². The number of hydrogen-bond acceptors (Lipinski definition) is 5. The van der Waals surface area contributed by atoms with Gasteiger partial charge in [0.1, 0.15) is 11.8 Å². The van der Waals surface area contributed by atoms with Gasteiger partial charge in [-0.2, -0.15) is 0 Å². The van der Waals surface area contributed by atoms with Gasteiger partial charge in [0, 0.05) is 26.1 Å². The van der Waals surface area contributed by atoms with E-state index in [0.717, 1.165) is 17.4 Å². The fourth-order valence-electron chi connectivity index (χ4n) is 3.80. The molecule has 1 N–H and O–H groups in total. The Morgan fingerprint density at radius 2 is 1.62 bits per heavy atom. The van der Waals surface area contributed by atoms with Gasteiger partial charge in [-0.1, -0.05) is 43.7 Å². The van der Waals surface area contributed by atoms with Crippen molar-refractivity contribution in [2.75, 3.05) is 30.3 Å². The van der Waals surface area contributed by atoms with E-state index in [1.807, 2.05) is 52.0 Å². The molecule has 37 heavy (non-hydrogen) atoms. The van der Waals surface area contributed by atoms with Crippen LogP contribution < -0.4 is 14.4 Å². The summed E-state index contributed by atoms with van der Waals surface area (Å²) in [5.41, 5.74) is 2.55. The Balaban J connectivity index is 2.14. The van der Waals surface area contributed by atoms with E-state index in [-0.39, 0.29) is 24.8 Å². The Morgan fingerprint density at radius 1 is 1.00 bits per heavy atom. The Labute approximate surface area is 222 Å². The lowest BCUT2D eigenvalue weighted by molar-refractivity contribution is -0.140. The molecule has 0 aliphatic heterocycles. The van der Waals surface area contributed by atoms with Gasteiger partial charge >= 0.3 is 0 Å². The Bertz CT molecular complexity index is 1120. The van der Waals surface area contributed by atoms with Crippen LogP contribution in [0.1, 0.15) is 51.7 Å². The Kier molecular flexibility index (Phi) is 11.4. The zero-order chi connectivity index (χ0) is 27.6. The quantitative estimate of drug-likeness (QED) is 0.396. The van der Waals surface area contributed by atoms with Gasteiger partial charge in [-0.05, 0) is 62.9 Å². The van der Waals surface area contributed by atoms with Crippen LogP contribution in [0.25, 0.3) is 0 Å². The lowest BCUT2D eigenvalue weighted by Gasteiger charge is -2.29. The molecule has 0 saturated heterocycles. The number of nitrogens with zero attached hydrogens (tertiary/aromatic N) is 2. The van der Waals surface area contributed by atoms with Crippen LogP contribution in [0, 0.1) is 12.8 Å². The molecule has 0 fully saturated rings. The van der Waals surface area contributed by atoms with Gasteiger partial charge < -0.3 is 15.0 Å². The van der Waals surface area contributed by atoms with Crippen molar-refractivity contribution in [3.05, 3.63) is 59.7 Å². The summed E-state index contributed by atoms with van der Waals surface area (Å²) in [7, 11) is -3.56. The highest BCUT2D eigenvalue weighted by molar-refractivity contribution is 7.92. The maximum Gasteiger partial charge on any atom is 0.242 e. The molecule has 2 aromatic carbocycles. The lowest BCUT2D eigenvalue weighted by Crippen LogP contribution is -2.48. The van der Waals surface area contributed by atoms with E-state index in [0.29, 0.717) is 43.5 Å². The molecule has 0 bridgehead atoms. The zero-order valence-corrected chi connectivity index (χ0v) is 23.7. The minimum absolute atomic E-state index is 0.108. The van der Waals surface area contributed by atoms with Gasteiger partial charge in [-0.25, -0.2) is 8.42 Å². The van der Waals surface area contributed by atoms with Gasteiger partial charge in [0.2, 0.25) is 21.8 Å². The van der Waals surface area contributed by atoms with E-state index >= 15 is 0 Å². The molecule has 0 heterocycles. The predicted octanol–water partition coefficient (Wildman–Crippen LogP) is 4.13. The standard InChI is InChI=1S/C28H41N3O5S/c1-7-36-26-16-14-25(15-17-26)31(37(6,34)35)18-8-9-27(32)30(20-24-12-10-22(4)11-13-24)23(5)28(33)29-19-21(2)3/h10-17,21,23H,7-9,18-20H2,1-6H3,(H,29,33)/t23-/m0/s1. The molecule has 9 heteroatoms. The van der Waals surface area contributed by atoms with Crippen molar-refractivity contribution < 1.29 is 22.7 Å². The van der Waals surface area contributed by atoms with E-state index in [4.69, 9.17) is 4.74 Å². The first kappa shape index (κ1) is 30.2. The monoisotopic (exact) mass is 531 g/mol. The van der Waals surface area contributed by atoms with Crippen molar-refractivity contribution in [3.8, 4) is 5.75 Å². The predicted molar refractivity (Wildman–Crippen MR) is 148 cm³/mol. The van der Waals surface area contributed by atoms with E-state index in [9.17, 15) is 18.0 Å². The average molecular weight is 532 g/mol. The number of carbonyl (C=O) groups excluding carboxylic acids is 2. The third-order valence-corrected chi connectivity index (χ3v) is 7.11. The minimum atomic E-state index is -3.56. The molecule has 2 aromatic rings. The molecule has 8 nitrogen and oxygen atoms in total. The Hall–Kier alpha value is -3.07. The highest BCUT2D eigenvalue weighted by Gasteiger charge is 2.26. The summed E-state index contributed by atoms with van der Waals surface area (Å²) >= 11 is 0. The maximum atomic E-state index is 13.3. The molecule has 0 spiro atoms. The van der Waals surface area contributed by atoms with Crippen molar-refractivity contribution >= 4 is 27.5 Å². The molecule has 2 rings (SSSR count). The number of aryl methyl sites for hydroxylation is 1. The van der Waals surface area contributed by atoms with Crippen LogP contribution in [-0.2, 0) is 26.2 Å². The molecular weight excluding hydrogens is 490 g/mol. The number of benzene rings is 2. The topological polar surface area (TPSA) is 96.0 Å². The smallest absolute Gasteiger partial charge is 0.242 e. The summed E-state index contributed by atoms with van der Waals surface area (Å²) in [6.07, 6.45) is 1.57. The summed E-state index contributed by atoms with van der Waals surface area (Å²) < 4.78 is 31.7. The largest absolute Gasteiger partial charge is 0.494 e. The van der Waals surface area contributed by atoms with E-state index in [1.165, 1.54) is 4.31 Å². The molecule has 0 aromatic heterocycles. The van der Waals surface area contributed by atoms with Crippen LogP contribution in [0.3, 0.4) is 0 Å². The van der Waals surface area contributed by atoms with Crippen LogP contribution >= 0.6 is 0 Å². The summed E-state index contributed by atoms with van der Waals surface area (Å²) in [5.74, 6) is 0.544. The zero-order valence-electron chi connectivity index (χ0n) is 22.9. The average Bonchev–Trinajstić information content (AvgIpc) is 2.84. The van der Waals surface area contributed by atoms with Gasteiger partial charge in [0.25, 0.3) is 0 Å². The number of anilines is 1. The number of nitrogens with one attached hydrogen (secondary N) is 1. The molecule has 1 atom stereocenters. The normalized spacial score (nSPS) is 12.2. The van der Waals surface area contributed by atoms with Gasteiger partial charge in [-0.3, -0.25) is 13.9 Å². The summed E-state index contributed by atoms with van der Waals surface area (Å²) in [4.78, 5) is 27.7. The first-order chi connectivity index (χ1) is 17.4. The third-order valence-electron chi connectivity index (χ3n) is 5.91. The molecule has 2 amide bonds. The molecule has 0 unspecified atom stereocenters. The van der Waals surface area contributed by atoms with Crippen molar-refractivity contribution in [1.82, 2.24) is 10.2 Å². The highest BCUT2D eigenvalue weighted by Crippen LogP contribution is 2.22. The molecule has 204 valence electrons. The van der Waals surface area contributed by atoms with Gasteiger partial charge in [0.15, 0.2) is 0 Å². The Morgan fingerprint density at radius 3 is 2.16 bits per heavy atom. The fourth-order valence-corrected chi connectivity index (χ4v) is 4.77. The van der Waals surface area contributed by atoms with Crippen LogP contribution in [0.2, 0.25) is 0 Å². The number of carbonyl (C=O) groups is 2. The van der Waals surface area contributed by atoms with Gasteiger partial charge in [-0.15, -0.1) is 0 Å².